The van der Waals surface area contributed by atoms with Gasteiger partial charge in [-0.2, -0.15) is 11.8 Å². The van der Waals surface area contributed by atoms with Crippen molar-refractivity contribution in [3.8, 4) is 0 Å². The lowest BCUT2D eigenvalue weighted by atomic mass is 9.67. The van der Waals surface area contributed by atoms with Crippen LogP contribution in [0.2, 0.25) is 0 Å². The lowest BCUT2D eigenvalue weighted by Gasteiger charge is -2.42. The molecule has 1 saturated heterocycles. The third-order valence-electron chi connectivity index (χ3n) is 3.72. The summed E-state index contributed by atoms with van der Waals surface area (Å²) in [5.41, 5.74) is 5.00. The summed E-state index contributed by atoms with van der Waals surface area (Å²) >= 11 is 1.88. The molecule has 1 aliphatic heterocycles. The number of oxime groups is 1. The van der Waals surface area contributed by atoms with Crippen molar-refractivity contribution in [2.24, 2.45) is 16.3 Å². The summed E-state index contributed by atoms with van der Waals surface area (Å²) in [6, 6.07) is 0. The Balaban J connectivity index is 2.11. The number of nitrogens with two attached hydrogens (primary N) is 1. The van der Waals surface area contributed by atoms with Gasteiger partial charge in [0.15, 0.2) is 5.84 Å². The molecule has 6 heteroatoms. The lowest BCUT2D eigenvalue weighted by Crippen LogP contribution is -2.55. The Morgan fingerprint density at radius 1 is 1.29 bits per heavy atom. The van der Waals surface area contributed by atoms with E-state index in [1.807, 2.05) is 16.7 Å². The number of nitrogens with zero attached hydrogens (tertiary/aromatic N) is 2. The van der Waals surface area contributed by atoms with Crippen molar-refractivity contribution in [1.82, 2.24) is 4.90 Å². The summed E-state index contributed by atoms with van der Waals surface area (Å²) in [6.45, 7) is 1.58. The number of amidine groups is 1. The van der Waals surface area contributed by atoms with E-state index in [9.17, 15) is 4.79 Å². The molecule has 0 spiro atoms. The van der Waals surface area contributed by atoms with Crippen molar-refractivity contribution in [3.63, 3.8) is 0 Å². The fraction of sp³-hybridized carbons (Fsp3) is 0.818. The smallest absolute Gasteiger partial charge is 0.236 e. The Labute approximate surface area is 105 Å². The Kier molecular flexibility index (Phi) is 3.81. The van der Waals surface area contributed by atoms with Crippen LogP contribution in [0.5, 0.6) is 0 Å². The molecule has 0 bridgehead atoms. The van der Waals surface area contributed by atoms with Crippen molar-refractivity contribution >= 4 is 23.5 Å². The third-order valence-corrected chi connectivity index (χ3v) is 4.77. The average molecular weight is 257 g/mol. The van der Waals surface area contributed by atoms with Gasteiger partial charge in [-0.3, -0.25) is 4.79 Å². The molecule has 0 radical (unpaired) electrons. The van der Waals surface area contributed by atoms with Gasteiger partial charge in [0, 0.05) is 18.8 Å². The molecule has 1 amide bonds. The van der Waals surface area contributed by atoms with Crippen LogP contribution < -0.4 is 5.73 Å². The molecule has 1 aliphatic carbocycles. The monoisotopic (exact) mass is 257 g/mol. The topological polar surface area (TPSA) is 78.9 Å². The van der Waals surface area contributed by atoms with Gasteiger partial charge in [-0.25, -0.2) is 0 Å². The van der Waals surface area contributed by atoms with Gasteiger partial charge in [-0.15, -0.1) is 0 Å². The zero-order valence-electron chi connectivity index (χ0n) is 9.89. The Morgan fingerprint density at radius 2 is 2.06 bits per heavy atom. The van der Waals surface area contributed by atoms with E-state index in [0.29, 0.717) is 12.8 Å². The molecule has 0 unspecified atom stereocenters. The van der Waals surface area contributed by atoms with Gasteiger partial charge >= 0.3 is 0 Å². The molecule has 1 heterocycles. The first kappa shape index (κ1) is 12.5. The first-order valence-electron chi connectivity index (χ1n) is 6.06. The minimum absolute atomic E-state index is 0.0570. The maximum absolute atomic E-state index is 12.5. The summed E-state index contributed by atoms with van der Waals surface area (Å²) in [5, 5.41) is 11.9. The molecule has 5 nitrogen and oxygen atoms in total. The molecule has 2 rings (SSSR count). The molecule has 1 saturated carbocycles. The number of thioether (sulfide) groups is 1. The first-order valence-corrected chi connectivity index (χ1v) is 7.21. The largest absolute Gasteiger partial charge is 0.409 e. The predicted octanol–water partition coefficient (Wildman–Crippen LogP) is 0.869. The highest BCUT2D eigenvalue weighted by atomic mass is 32.2. The second-order valence-corrected chi connectivity index (χ2v) is 5.90. The summed E-state index contributed by atoms with van der Waals surface area (Å²) < 4.78 is 0. The molecule has 2 fully saturated rings. The summed E-state index contributed by atoms with van der Waals surface area (Å²) in [7, 11) is 0. The maximum Gasteiger partial charge on any atom is 0.236 e. The van der Waals surface area contributed by atoms with E-state index < -0.39 is 5.41 Å². The highest BCUT2D eigenvalue weighted by Crippen LogP contribution is 2.43. The maximum atomic E-state index is 12.5. The van der Waals surface area contributed by atoms with E-state index in [-0.39, 0.29) is 11.7 Å². The molecular weight excluding hydrogens is 238 g/mol. The van der Waals surface area contributed by atoms with E-state index in [4.69, 9.17) is 10.9 Å². The lowest BCUT2D eigenvalue weighted by molar-refractivity contribution is -0.141. The van der Waals surface area contributed by atoms with Gasteiger partial charge in [0.2, 0.25) is 5.91 Å². The summed E-state index contributed by atoms with van der Waals surface area (Å²) in [6.07, 6.45) is 3.43. The SMILES string of the molecule is NC(=NO)C1(C(=O)N2CCCSCC2)CCC1. The molecule has 0 aromatic carbocycles. The number of rotatable bonds is 2. The molecule has 0 aromatic heterocycles. The quantitative estimate of drug-likeness (QED) is 0.333. The van der Waals surface area contributed by atoms with Crippen LogP contribution in [0, 0.1) is 5.41 Å². The molecule has 0 atom stereocenters. The van der Waals surface area contributed by atoms with Gasteiger partial charge < -0.3 is 15.8 Å². The molecule has 2 aliphatic rings. The molecule has 0 aromatic rings. The second-order valence-electron chi connectivity index (χ2n) is 4.68. The summed E-state index contributed by atoms with van der Waals surface area (Å²) in [5.74, 6) is 2.24. The average Bonchev–Trinajstić information content (AvgIpc) is 2.55. The Hall–Kier alpha value is -0.910. The number of hydrogen-bond acceptors (Lipinski definition) is 4. The first-order chi connectivity index (χ1) is 8.20. The van der Waals surface area contributed by atoms with Crippen molar-refractivity contribution in [3.05, 3.63) is 0 Å². The van der Waals surface area contributed by atoms with Crippen molar-refractivity contribution in [1.29, 1.82) is 0 Å². The number of carbonyl (C=O) groups is 1. The van der Waals surface area contributed by atoms with Crippen LogP contribution in [-0.2, 0) is 4.79 Å². The van der Waals surface area contributed by atoms with Crippen LogP contribution >= 0.6 is 11.8 Å². The fourth-order valence-electron chi connectivity index (χ4n) is 2.46. The number of hydrogen-bond donors (Lipinski definition) is 2. The predicted molar refractivity (Wildman–Crippen MR) is 68.2 cm³/mol. The normalized spacial score (nSPS) is 24.9. The van der Waals surface area contributed by atoms with Crippen LogP contribution in [-0.4, -0.2) is 46.4 Å². The Bertz CT molecular complexity index is 321. The van der Waals surface area contributed by atoms with Crippen molar-refractivity contribution < 1.29 is 10.0 Å². The zero-order valence-corrected chi connectivity index (χ0v) is 10.7. The van der Waals surface area contributed by atoms with Crippen LogP contribution in [0.3, 0.4) is 0 Å². The minimum atomic E-state index is -0.705. The van der Waals surface area contributed by atoms with Gasteiger partial charge in [-0.1, -0.05) is 11.6 Å². The van der Waals surface area contributed by atoms with Crippen LogP contribution in [0.1, 0.15) is 25.7 Å². The molecule has 96 valence electrons. The van der Waals surface area contributed by atoms with Crippen LogP contribution in [0.4, 0.5) is 0 Å². The summed E-state index contributed by atoms with van der Waals surface area (Å²) in [4.78, 5) is 14.4. The van der Waals surface area contributed by atoms with E-state index in [1.54, 1.807) is 0 Å². The highest BCUT2D eigenvalue weighted by Gasteiger charge is 2.50. The highest BCUT2D eigenvalue weighted by molar-refractivity contribution is 7.99. The van der Waals surface area contributed by atoms with Crippen LogP contribution in [0.25, 0.3) is 0 Å². The van der Waals surface area contributed by atoms with Crippen molar-refractivity contribution in [2.75, 3.05) is 24.6 Å². The van der Waals surface area contributed by atoms with E-state index in [2.05, 4.69) is 5.16 Å². The second kappa shape index (κ2) is 5.16. The number of carbonyl (C=O) groups excluding carboxylic acids is 1. The van der Waals surface area contributed by atoms with E-state index >= 15 is 0 Å². The van der Waals surface area contributed by atoms with Crippen molar-refractivity contribution in [2.45, 2.75) is 25.7 Å². The molecular formula is C11H19N3O2S. The third kappa shape index (κ3) is 2.22. The van der Waals surface area contributed by atoms with Gasteiger partial charge in [-0.05, 0) is 25.0 Å². The van der Waals surface area contributed by atoms with E-state index in [1.165, 1.54) is 0 Å². The fourth-order valence-corrected chi connectivity index (χ4v) is 3.34. The minimum Gasteiger partial charge on any atom is -0.409 e. The van der Waals surface area contributed by atoms with Gasteiger partial charge in [0.25, 0.3) is 0 Å². The van der Waals surface area contributed by atoms with Gasteiger partial charge in [0.1, 0.15) is 5.41 Å². The zero-order chi connectivity index (χ0) is 12.3. The Morgan fingerprint density at radius 3 is 2.65 bits per heavy atom. The van der Waals surface area contributed by atoms with Gasteiger partial charge in [0.05, 0.1) is 0 Å². The van der Waals surface area contributed by atoms with Crippen LogP contribution in [0.15, 0.2) is 5.16 Å². The number of amides is 1. The standard InChI is InChI=1S/C11H19N3O2S/c12-9(13-16)11(3-1-4-11)10(15)14-5-2-7-17-8-6-14/h16H,1-8H2,(H2,12,13). The van der Waals surface area contributed by atoms with E-state index in [0.717, 1.165) is 37.4 Å². The molecule has 3 N–H and O–H groups in total. The molecule has 17 heavy (non-hydrogen) atoms.